The van der Waals surface area contributed by atoms with Crippen molar-refractivity contribution in [3.63, 3.8) is 0 Å². The molecular formula is C21H26FN3O4S. The third kappa shape index (κ3) is 4.84. The van der Waals surface area contributed by atoms with Gasteiger partial charge in [-0.3, -0.25) is 9.10 Å². The summed E-state index contributed by atoms with van der Waals surface area (Å²) in [5, 5.41) is 0. The summed E-state index contributed by atoms with van der Waals surface area (Å²) in [6.07, 6.45) is 1.02. The lowest BCUT2D eigenvalue weighted by Crippen LogP contribution is -2.55. The zero-order chi connectivity index (χ0) is 21.9. The number of piperazine rings is 1. The number of carbonyl (C=O) groups is 1. The zero-order valence-corrected chi connectivity index (χ0v) is 18.1. The number of sulfonamides is 1. The molecule has 2 aromatic rings. The summed E-state index contributed by atoms with van der Waals surface area (Å²) < 4.78 is 44.6. The number of hydrogen-bond donors (Lipinski definition) is 0. The molecule has 0 saturated carbocycles. The van der Waals surface area contributed by atoms with Crippen LogP contribution in [0.1, 0.15) is 6.92 Å². The Morgan fingerprint density at radius 3 is 2.27 bits per heavy atom. The molecule has 0 spiro atoms. The van der Waals surface area contributed by atoms with Gasteiger partial charge in [-0.1, -0.05) is 6.07 Å². The maximum Gasteiger partial charge on any atom is 0.246 e. The molecule has 2 aromatic carbocycles. The van der Waals surface area contributed by atoms with Gasteiger partial charge in [-0.15, -0.1) is 0 Å². The first-order valence-corrected chi connectivity index (χ1v) is 11.5. The van der Waals surface area contributed by atoms with Crippen molar-refractivity contribution >= 4 is 27.3 Å². The van der Waals surface area contributed by atoms with Crippen LogP contribution in [0.5, 0.6) is 5.75 Å². The van der Waals surface area contributed by atoms with Crippen molar-refractivity contribution < 1.29 is 22.3 Å². The highest BCUT2D eigenvalue weighted by Gasteiger charge is 2.33. The number of hydrogen-bond acceptors (Lipinski definition) is 5. The van der Waals surface area contributed by atoms with Crippen LogP contribution in [0.15, 0.2) is 48.5 Å². The predicted molar refractivity (Wildman–Crippen MR) is 115 cm³/mol. The van der Waals surface area contributed by atoms with Crippen molar-refractivity contribution in [3.05, 3.63) is 54.3 Å². The maximum atomic E-state index is 13.7. The predicted octanol–water partition coefficient (Wildman–Crippen LogP) is 2.34. The lowest BCUT2D eigenvalue weighted by Gasteiger charge is -2.39. The van der Waals surface area contributed by atoms with Gasteiger partial charge in [0.25, 0.3) is 0 Å². The highest BCUT2D eigenvalue weighted by Crippen LogP contribution is 2.24. The fraction of sp³-hybridized carbons (Fsp3) is 0.381. The molecule has 1 aliphatic rings. The zero-order valence-electron chi connectivity index (χ0n) is 17.3. The molecule has 1 fully saturated rings. The van der Waals surface area contributed by atoms with Crippen molar-refractivity contribution in [2.45, 2.75) is 13.0 Å². The Labute approximate surface area is 176 Å². The van der Waals surface area contributed by atoms with Gasteiger partial charge in [0.05, 0.1) is 19.1 Å². The Bertz CT molecular complexity index is 990. The van der Waals surface area contributed by atoms with E-state index >= 15 is 0 Å². The van der Waals surface area contributed by atoms with Gasteiger partial charge in [0.15, 0.2) is 0 Å². The molecule has 0 unspecified atom stereocenters. The Hall–Kier alpha value is -2.81. The quantitative estimate of drug-likeness (QED) is 0.697. The van der Waals surface area contributed by atoms with E-state index in [9.17, 15) is 17.6 Å². The van der Waals surface area contributed by atoms with E-state index in [-0.39, 0.29) is 11.6 Å². The smallest absolute Gasteiger partial charge is 0.246 e. The molecule has 1 aliphatic heterocycles. The molecule has 3 rings (SSSR count). The molecule has 1 amide bonds. The molecule has 1 heterocycles. The lowest BCUT2D eigenvalue weighted by molar-refractivity contribution is -0.132. The molecule has 9 heteroatoms. The number of rotatable bonds is 6. The number of carbonyl (C=O) groups excluding carboxylic acids is 1. The summed E-state index contributed by atoms with van der Waals surface area (Å²) in [6.45, 7) is 3.73. The summed E-state index contributed by atoms with van der Waals surface area (Å²) in [5.74, 6) is -0.0902. The Morgan fingerprint density at radius 2 is 1.73 bits per heavy atom. The van der Waals surface area contributed by atoms with Crippen LogP contribution in [0.3, 0.4) is 0 Å². The standard InChI is InChI=1S/C21H26FN3O4S/c1-16(25(30(3,27)28)19-6-4-5-17(22)15-19)21(26)24-13-11-23(12-14-24)18-7-9-20(29-2)10-8-18/h4-10,15-16H,11-14H2,1-3H3/t16-/m0/s1. The van der Waals surface area contributed by atoms with E-state index in [0.29, 0.717) is 26.2 Å². The first-order chi connectivity index (χ1) is 14.2. The van der Waals surface area contributed by atoms with Gasteiger partial charge in [-0.25, -0.2) is 12.8 Å². The Balaban J connectivity index is 1.71. The van der Waals surface area contributed by atoms with E-state index in [1.807, 2.05) is 24.3 Å². The molecule has 30 heavy (non-hydrogen) atoms. The first-order valence-electron chi connectivity index (χ1n) is 9.63. The number of benzene rings is 2. The second-order valence-corrected chi connectivity index (χ2v) is 9.08. The Kier molecular flexibility index (Phi) is 6.50. The summed E-state index contributed by atoms with van der Waals surface area (Å²) in [6, 6.07) is 12.0. The van der Waals surface area contributed by atoms with Crippen molar-refractivity contribution in [1.82, 2.24) is 4.90 Å². The van der Waals surface area contributed by atoms with Crippen LogP contribution >= 0.6 is 0 Å². The molecule has 1 atom stereocenters. The normalized spacial score (nSPS) is 15.6. The molecule has 0 N–H and O–H groups in total. The number of ether oxygens (including phenoxy) is 1. The van der Waals surface area contributed by atoms with Gasteiger partial charge in [0.2, 0.25) is 15.9 Å². The second kappa shape index (κ2) is 8.91. The van der Waals surface area contributed by atoms with E-state index in [0.717, 1.165) is 28.1 Å². The fourth-order valence-electron chi connectivity index (χ4n) is 3.66. The second-order valence-electron chi connectivity index (χ2n) is 7.23. The SMILES string of the molecule is COc1ccc(N2CCN(C(=O)[C@H](C)N(c3cccc(F)c3)S(C)(=O)=O)CC2)cc1. The maximum absolute atomic E-state index is 13.7. The third-order valence-corrected chi connectivity index (χ3v) is 6.40. The van der Waals surface area contributed by atoms with E-state index < -0.39 is 21.9 Å². The minimum atomic E-state index is -3.78. The van der Waals surface area contributed by atoms with E-state index in [1.165, 1.54) is 25.1 Å². The van der Waals surface area contributed by atoms with Gasteiger partial charge in [-0.05, 0) is 49.4 Å². The monoisotopic (exact) mass is 435 g/mol. The van der Waals surface area contributed by atoms with Crippen LogP contribution in [0.2, 0.25) is 0 Å². The number of anilines is 2. The van der Waals surface area contributed by atoms with Crippen LogP contribution in [0.25, 0.3) is 0 Å². The Morgan fingerprint density at radius 1 is 1.10 bits per heavy atom. The molecule has 0 aliphatic carbocycles. The summed E-state index contributed by atoms with van der Waals surface area (Å²) >= 11 is 0. The van der Waals surface area contributed by atoms with Crippen LogP contribution < -0.4 is 13.9 Å². The fourth-order valence-corrected chi connectivity index (χ4v) is 4.82. The van der Waals surface area contributed by atoms with Gasteiger partial charge < -0.3 is 14.5 Å². The number of halogens is 1. The average Bonchev–Trinajstić information content (AvgIpc) is 2.72. The van der Waals surface area contributed by atoms with Gasteiger partial charge in [0, 0.05) is 31.9 Å². The number of methoxy groups -OCH3 is 1. The van der Waals surface area contributed by atoms with Crippen LogP contribution in [-0.2, 0) is 14.8 Å². The van der Waals surface area contributed by atoms with Gasteiger partial charge >= 0.3 is 0 Å². The molecule has 0 radical (unpaired) electrons. The number of amides is 1. The van der Waals surface area contributed by atoms with E-state index in [4.69, 9.17) is 4.74 Å². The molecular weight excluding hydrogens is 409 g/mol. The summed E-state index contributed by atoms with van der Waals surface area (Å²) in [7, 11) is -2.17. The largest absolute Gasteiger partial charge is 0.497 e. The van der Waals surface area contributed by atoms with Crippen molar-refractivity contribution in [2.24, 2.45) is 0 Å². The molecule has 7 nitrogen and oxygen atoms in total. The highest BCUT2D eigenvalue weighted by atomic mass is 32.2. The van der Waals surface area contributed by atoms with E-state index in [2.05, 4.69) is 4.90 Å². The minimum absolute atomic E-state index is 0.134. The van der Waals surface area contributed by atoms with Crippen LogP contribution in [0, 0.1) is 5.82 Å². The molecule has 162 valence electrons. The number of nitrogens with zero attached hydrogens (tertiary/aromatic N) is 3. The van der Waals surface area contributed by atoms with Gasteiger partial charge in [-0.2, -0.15) is 0 Å². The minimum Gasteiger partial charge on any atom is -0.497 e. The third-order valence-electron chi connectivity index (χ3n) is 5.16. The first kappa shape index (κ1) is 21.9. The molecule has 0 bridgehead atoms. The van der Waals surface area contributed by atoms with E-state index in [1.54, 1.807) is 12.0 Å². The van der Waals surface area contributed by atoms with Crippen LogP contribution in [0.4, 0.5) is 15.8 Å². The lowest BCUT2D eigenvalue weighted by atomic mass is 10.2. The average molecular weight is 436 g/mol. The summed E-state index contributed by atoms with van der Waals surface area (Å²) in [5.41, 5.74) is 1.17. The molecule has 0 aromatic heterocycles. The topological polar surface area (TPSA) is 70.2 Å². The summed E-state index contributed by atoms with van der Waals surface area (Å²) in [4.78, 5) is 16.9. The molecule has 1 saturated heterocycles. The van der Waals surface area contributed by atoms with Crippen molar-refractivity contribution in [1.29, 1.82) is 0 Å². The van der Waals surface area contributed by atoms with Gasteiger partial charge in [0.1, 0.15) is 17.6 Å². The van der Waals surface area contributed by atoms with Crippen molar-refractivity contribution in [2.75, 3.05) is 48.7 Å². The van der Waals surface area contributed by atoms with Crippen molar-refractivity contribution in [3.8, 4) is 5.75 Å². The van der Waals surface area contributed by atoms with Crippen LogP contribution in [-0.4, -0.2) is 64.8 Å². The highest BCUT2D eigenvalue weighted by molar-refractivity contribution is 7.92.